The molecule has 2 aliphatic rings. The van der Waals surface area contributed by atoms with Gasteiger partial charge in [-0.25, -0.2) is 0 Å². The van der Waals surface area contributed by atoms with E-state index in [0.29, 0.717) is 12.3 Å². The van der Waals surface area contributed by atoms with Crippen molar-refractivity contribution >= 4 is 17.8 Å². The van der Waals surface area contributed by atoms with Crippen LogP contribution in [0.25, 0.3) is 0 Å². The van der Waals surface area contributed by atoms with Crippen molar-refractivity contribution in [1.82, 2.24) is 9.80 Å². The second-order valence-electron chi connectivity index (χ2n) is 7.71. The molecular weight excluding hydrogens is 348 g/mol. The van der Waals surface area contributed by atoms with E-state index in [1.54, 1.807) is 30.2 Å². The summed E-state index contributed by atoms with van der Waals surface area (Å²) in [5.74, 6) is -0.609. The zero-order chi connectivity index (χ0) is 19.6. The highest BCUT2D eigenvalue weighted by Gasteiger charge is 2.38. The second-order valence-corrected chi connectivity index (χ2v) is 7.71. The van der Waals surface area contributed by atoms with Crippen LogP contribution in [0.3, 0.4) is 0 Å². The number of furan rings is 1. The van der Waals surface area contributed by atoms with Crippen LogP contribution in [0.1, 0.15) is 52.2 Å². The SMILES string of the molecule is C[C@H](OC(=O)[C@@H]1CC(=O)N(Cc2ccco2)C1)C(=O)N1[C@H](C)CCC[C@H]1C. The number of piperidine rings is 1. The molecule has 0 bridgehead atoms. The smallest absolute Gasteiger partial charge is 0.312 e. The third kappa shape index (κ3) is 4.34. The minimum absolute atomic E-state index is 0.106. The van der Waals surface area contributed by atoms with Crippen molar-refractivity contribution in [3.8, 4) is 0 Å². The lowest BCUT2D eigenvalue weighted by Crippen LogP contribution is -2.51. The van der Waals surface area contributed by atoms with E-state index in [2.05, 4.69) is 0 Å². The van der Waals surface area contributed by atoms with Gasteiger partial charge in [-0.15, -0.1) is 0 Å². The Bertz CT molecular complexity index is 677. The molecule has 4 atom stereocenters. The molecule has 0 spiro atoms. The first kappa shape index (κ1) is 19.5. The Labute approximate surface area is 159 Å². The molecule has 2 aliphatic heterocycles. The number of rotatable bonds is 5. The van der Waals surface area contributed by atoms with Gasteiger partial charge in [0.25, 0.3) is 5.91 Å². The Balaban J connectivity index is 1.55. The molecule has 2 fully saturated rings. The Morgan fingerprint density at radius 2 is 2.00 bits per heavy atom. The normalized spacial score (nSPS) is 26.9. The zero-order valence-corrected chi connectivity index (χ0v) is 16.2. The molecule has 3 rings (SSSR count). The Hall–Kier alpha value is -2.31. The van der Waals surface area contributed by atoms with Crippen LogP contribution in [0.15, 0.2) is 22.8 Å². The van der Waals surface area contributed by atoms with E-state index in [4.69, 9.17) is 9.15 Å². The fraction of sp³-hybridized carbons (Fsp3) is 0.650. The number of hydrogen-bond donors (Lipinski definition) is 0. The van der Waals surface area contributed by atoms with Gasteiger partial charge in [-0.2, -0.15) is 0 Å². The molecule has 0 aliphatic carbocycles. The van der Waals surface area contributed by atoms with Gasteiger partial charge < -0.3 is 19.0 Å². The molecule has 7 heteroatoms. The Kier molecular flexibility index (Phi) is 5.87. The number of ether oxygens (including phenoxy) is 1. The summed E-state index contributed by atoms with van der Waals surface area (Å²) >= 11 is 0. The van der Waals surface area contributed by atoms with Gasteiger partial charge in [-0.3, -0.25) is 14.4 Å². The molecule has 1 aromatic rings. The van der Waals surface area contributed by atoms with Crippen LogP contribution in [0, 0.1) is 5.92 Å². The van der Waals surface area contributed by atoms with Gasteiger partial charge in [-0.05, 0) is 52.2 Å². The highest BCUT2D eigenvalue weighted by Crippen LogP contribution is 2.25. The summed E-state index contributed by atoms with van der Waals surface area (Å²) in [4.78, 5) is 40.9. The van der Waals surface area contributed by atoms with E-state index < -0.39 is 18.0 Å². The molecular formula is C20H28N2O5. The number of carbonyl (C=O) groups excluding carboxylic acids is 3. The first-order chi connectivity index (χ1) is 12.9. The fourth-order valence-electron chi connectivity index (χ4n) is 4.06. The molecule has 7 nitrogen and oxygen atoms in total. The number of esters is 1. The average Bonchev–Trinajstić information content (AvgIpc) is 3.25. The lowest BCUT2D eigenvalue weighted by atomic mass is 9.97. The van der Waals surface area contributed by atoms with Gasteiger partial charge in [0, 0.05) is 25.0 Å². The van der Waals surface area contributed by atoms with Crippen molar-refractivity contribution in [1.29, 1.82) is 0 Å². The van der Waals surface area contributed by atoms with E-state index in [1.165, 1.54) is 0 Å². The third-order valence-corrected chi connectivity index (χ3v) is 5.56. The van der Waals surface area contributed by atoms with Gasteiger partial charge in [0.15, 0.2) is 6.10 Å². The molecule has 0 saturated carbocycles. The molecule has 1 aromatic heterocycles. The monoisotopic (exact) mass is 376 g/mol. The molecule has 0 aromatic carbocycles. The molecule has 2 saturated heterocycles. The van der Waals surface area contributed by atoms with Crippen LogP contribution in [0.4, 0.5) is 0 Å². The van der Waals surface area contributed by atoms with Crippen molar-refractivity contribution in [2.75, 3.05) is 6.54 Å². The predicted molar refractivity (Wildman–Crippen MR) is 97.4 cm³/mol. The van der Waals surface area contributed by atoms with Crippen molar-refractivity contribution in [2.45, 2.75) is 71.2 Å². The summed E-state index contributed by atoms with van der Waals surface area (Å²) in [5.41, 5.74) is 0. The van der Waals surface area contributed by atoms with Crippen LogP contribution in [0.2, 0.25) is 0 Å². The first-order valence-electron chi connectivity index (χ1n) is 9.69. The molecule has 0 N–H and O–H groups in total. The maximum Gasteiger partial charge on any atom is 0.312 e. The van der Waals surface area contributed by atoms with Crippen molar-refractivity contribution in [2.24, 2.45) is 5.92 Å². The van der Waals surface area contributed by atoms with E-state index in [1.807, 2.05) is 18.7 Å². The predicted octanol–water partition coefficient (Wildman–Crippen LogP) is 2.35. The van der Waals surface area contributed by atoms with Crippen molar-refractivity contribution in [3.63, 3.8) is 0 Å². The van der Waals surface area contributed by atoms with Crippen LogP contribution in [0.5, 0.6) is 0 Å². The molecule has 0 radical (unpaired) electrons. The highest BCUT2D eigenvalue weighted by atomic mass is 16.5. The summed E-state index contributed by atoms with van der Waals surface area (Å²) in [6.45, 7) is 6.31. The minimum atomic E-state index is -0.838. The van der Waals surface area contributed by atoms with Gasteiger partial charge in [-0.1, -0.05) is 0 Å². The number of nitrogens with zero attached hydrogens (tertiary/aromatic N) is 2. The lowest BCUT2D eigenvalue weighted by molar-refractivity contribution is -0.165. The van der Waals surface area contributed by atoms with Crippen molar-refractivity contribution in [3.05, 3.63) is 24.2 Å². The highest BCUT2D eigenvalue weighted by molar-refractivity contribution is 5.89. The number of hydrogen-bond acceptors (Lipinski definition) is 5. The average molecular weight is 376 g/mol. The number of amides is 2. The topological polar surface area (TPSA) is 80.1 Å². The number of likely N-dealkylation sites (tertiary alicyclic amines) is 2. The summed E-state index contributed by atoms with van der Waals surface area (Å²) in [6.07, 6.45) is 3.87. The van der Waals surface area contributed by atoms with Gasteiger partial charge >= 0.3 is 5.97 Å². The maximum absolute atomic E-state index is 12.8. The molecule has 148 valence electrons. The summed E-state index contributed by atoms with van der Waals surface area (Å²) in [7, 11) is 0. The molecule has 3 heterocycles. The largest absolute Gasteiger partial charge is 0.467 e. The lowest BCUT2D eigenvalue weighted by Gasteiger charge is -2.40. The number of carbonyl (C=O) groups is 3. The second kappa shape index (κ2) is 8.15. The summed E-state index contributed by atoms with van der Waals surface area (Å²) in [6, 6.07) is 3.86. The molecule has 2 amide bonds. The van der Waals surface area contributed by atoms with E-state index >= 15 is 0 Å². The van der Waals surface area contributed by atoms with E-state index in [9.17, 15) is 14.4 Å². The standard InChI is InChI=1S/C20H28N2O5/c1-13-6-4-7-14(2)22(13)19(24)15(3)27-20(25)16-10-18(23)21(11-16)12-17-8-5-9-26-17/h5,8-9,13-16H,4,6-7,10-12H2,1-3H3/t13-,14-,15+,16-/m1/s1. The summed E-state index contributed by atoms with van der Waals surface area (Å²) in [5, 5.41) is 0. The van der Waals surface area contributed by atoms with Gasteiger partial charge in [0.05, 0.1) is 18.7 Å². The van der Waals surface area contributed by atoms with E-state index in [-0.39, 0.29) is 36.9 Å². The third-order valence-electron chi connectivity index (χ3n) is 5.56. The van der Waals surface area contributed by atoms with Crippen LogP contribution >= 0.6 is 0 Å². The minimum Gasteiger partial charge on any atom is -0.467 e. The fourth-order valence-corrected chi connectivity index (χ4v) is 4.06. The molecule has 27 heavy (non-hydrogen) atoms. The van der Waals surface area contributed by atoms with Crippen molar-refractivity contribution < 1.29 is 23.5 Å². The van der Waals surface area contributed by atoms with Crippen LogP contribution in [-0.2, 0) is 25.7 Å². The molecule has 0 unspecified atom stereocenters. The van der Waals surface area contributed by atoms with Crippen LogP contribution < -0.4 is 0 Å². The quantitative estimate of drug-likeness (QED) is 0.737. The Morgan fingerprint density at radius 1 is 1.30 bits per heavy atom. The zero-order valence-electron chi connectivity index (χ0n) is 16.2. The van der Waals surface area contributed by atoms with Gasteiger partial charge in [0.1, 0.15) is 5.76 Å². The first-order valence-corrected chi connectivity index (χ1v) is 9.69. The Morgan fingerprint density at radius 3 is 2.63 bits per heavy atom. The maximum atomic E-state index is 12.8. The van der Waals surface area contributed by atoms with Crippen LogP contribution in [-0.4, -0.2) is 52.3 Å². The summed E-state index contributed by atoms with van der Waals surface area (Å²) < 4.78 is 10.7. The van der Waals surface area contributed by atoms with Gasteiger partial charge in [0.2, 0.25) is 5.91 Å². The van der Waals surface area contributed by atoms with E-state index in [0.717, 1.165) is 19.3 Å².